The number of carbonyl (C=O) groups excluding carboxylic acids is 2. The van der Waals surface area contributed by atoms with Gasteiger partial charge in [0.2, 0.25) is 0 Å². The molecule has 1 unspecified atom stereocenters. The van der Waals surface area contributed by atoms with Gasteiger partial charge in [-0.2, -0.15) is 8.42 Å². The molecule has 0 aliphatic heterocycles. The number of allylic oxidation sites excluding steroid dienone is 2. The Hall–Kier alpha value is -1.67. The third kappa shape index (κ3) is 11.2. The summed E-state index contributed by atoms with van der Waals surface area (Å²) in [6.45, 7) is 11.3. The zero-order chi connectivity index (χ0) is 21.6. The molecule has 0 radical (unpaired) electrons. The molecule has 0 spiro atoms. The van der Waals surface area contributed by atoms with Crippen molar-refractivity contribution in [2.24, 2.45) is 11.8 Å². The van der Waals surface area contributed by atoms with Gasteiger partial charge in [-0.1, -0.05) is 38.8 Å². The molecule has 28 heavy (non-hydrogen) atoms. The molecular weight excluding hydrogens is 384 g/mol. The first kappa shape index (κ1) is 26.3. The van der Waals surface area contributed by atoms with Gasteiger partial charge in [0.1, 0.15) is 0 Å². The average Bonchev–Trinajstić information content (AvgIpc) is 2.65. The maximum atomic E-state index is 12.2. The highest BCUT2D eigenvalue weighted by Crippen LogP contribution is 2.16. The molecule has 0 aliphatic rings. The summed E-state index contributed by atoms with van der Waals surface area (Å²) in [5.41, 5.74) is 0. The lowest BCUT2D eigenvalue weighted by Gasteiger charge is -2.18. The Morgan fingerprint density at radius 3 is 1.82 bits per heavy atom. The van der Waals surface area contributed by atoms with Crippen LogP contribution in [-0.2, 0) is 29.2 Å². The Labute approximate surface area is 168 Å². The molecule has 0 aliphatic carbocycles. The molecule has 0 fully saturated rings. The summed E-state index contributed by atoms with van der Waals surface area (Å²) in [4.78, 5) is 24.2. The van der Waals surface area contributed by atoms with Crippen molar-refractivity contribution in [3.63, 3.8) is 0 Å². The molecule has 0 amide bonds. The van der Waals surface area contributed by atoms with Crippen LogP contribution >= 0.6 is 0 Å². The third-order valence-corrected chi connectivity index (χ3v) is 5.71. The lowest BCUT2D eigenvalue weighted by atomic mass is 10.0. The number of carbonyl (C=O) groups is 2. The molecule has 0 heterocycles. The van der Waals surface area contributed by atoms with Gasteiger partial charge in [-0.05, 0) is 37.5 Å². The molecular formula is C20H34O7S. The molecule has 7 nitrogen and oxygen atoms in total. The zero-order valence-electron chi connectivity index (χ0n) is 17.0. The highest BCUT2D eigenvalue weighted by Gasteiger charge is 2.36. The summed E-state index contributed by atoms with van der Waals surface area (Å²) >= 11 is 0. The van der Waals surface area contributed by atoms with Crippen molar-refractivity contribution in [3.05, 3.63) is 25.3 Å². The molecule has 8 heteroatoms. The largest absolute Gasteiger partial charge is 0.465 e. The lowest BCUT2D eigenvalue weighted by molar-refractivity contribution is -0.151. The second-order valence-electron chi connectivity index (χ2n) is 6.80. The lowest BCUT2D eigenvalue weighted by Crippen LogP contribution is -2.35. The van der Waals surface area contributed by atoms with E-state index in [0.717, 1.165) is 38.5 Å². The van der Waals surface area contributed by atoms with E-state index in [4.69, 9.17) is 9.47 Å². The minimum absolute atomic E-state index is 0.0176. The fraction of sp³-hybridized carbons (Fsp3) is 0.700. The van der Waals surface area contributed by atoms with Crippen molar-refractivity contribution in [2.45, 2.75) is 64.0 Å². The summed E-state index contributed by atoms with van der Waals surface area (Å²) < 4.78 is 42.6. The molecule has 1 N–H and O–H groups in total. The van der Waals surface area contributed by atoms with E-state index in [1.54, 1.807) is 12.2 Å². The fourth-order valence-electron chi connectivity index (χ4n) is 2.54. The van der Waals surface area contributed by atoms with Gasteiger partial charge in [-0.3, -0.25) is 14.1 Å². The van der Waals surface area contributed by atoms with Crippen molar-refractivity contribution >= 4 is 22.1 Å². The third-order valence-electron chi connectivity index (χ3n) is 4.63. The van der Waals surface area contributed by atoms with Crippen LogP contribution in [0.25, 0.3) is 0 Å². The highest BCUT2D eigenvalue weighted by atomic mass is 32.2. The molecule has 162 valence electrons. The first-order chi connectivity index (χ1) is 13.2. The smallest absolute Gasteiger partial charge is 0.327 e. The van der Waals surface area contributed by atoms with E-state index >= 15 is 0 Å². The minimum Gasteiger partial charge on any atom is -0.465 e. The first-order valence-corrected chi connectivity index (χ1v) is 11.2. The van der Waals surface area contributed by atoms with Gasteiger partial charge in [0.15, 0.2) is 5.25 Å². The van der Waals surface area contributed by atoms with Crippen molar-refractivity contribution in [2.75, 3.05) is 13.2 Å². The summed E-state index contributed by atoms with van der Waals surface area (Å²) in [5.74, 6) is -1.84. The van der Waals surface area contributed by atoms with Crippen LogP contribution in [0, 0.1) is 11.8 Å². The molecule has 0 saturated carbocycles. The number of hydrogen-bond acceptors (Lipinski definition) is 6. The van der Waals surface area contributed by atoms with Gasteiger partial charge in [0, 0.05) is 0 Å². The molecule has 0 bridgehead atoms. The quantitative estimate of drug-likeness (QED) is 0.231. The Kier molecular flexibility index (Phi) is 13.5. The van der Waals surface area contributed by atoms with Crippen molar-refractivity contribution in [1.82, 2.24) is 0 Å². The van der Waals surface area contributed by atoms with Gasteiger partial charge >= 0.3 is 11.9 Å². The van der Waals surface area contributed by atoms with E-state index in [9.17, 15) is 22.6 Å². The van der Waals surface area contributed by atoms with Crippen LogP contribution in [0.3, 0.4) is 0 Å². The van der Waals surface area contributed by atoms with E-state index in [1.807, 2.05) is 13.8 Å². The van der Waals surface area contributed by atoms with Crippen LogP contribution in [0.1, 0.15) is 58.8 Å². The second-order valence-corrected chi connectivity index (χ2v) is 8.40. The van der Waals surface area contributed by atoms with Crippen molar-refractivity contribution < 1.29 is 32.0 Å². The Morgan fingerprint density at radius 1 is 0.964 bits per heavy atom. The first-order valence-electron chi connectivity index (χ1n) is 9.69. The predicted molar refractivity (Wildman–Crippen MR) is 108 cm³/mol. The molecule has 0 aromatic rings. The fourth-order valence-corrected chi connectivity index (χ4v) is 3.20. The van der Waals surface area contributed by atoms with E-state index in [2.05, 4.69) is 13.2 Å². The normalized spacial score (nSPS) is 14.5. The van der Waals surface area contributed by atoms with Crippen LogP contribution in [-0.4, -0.2) is 43.4 Å². The van der Waals surface area contributed by atoms with E-state index in [1.165, 1.54) is 0 Å². The SMILES string of the molecule is C=CCC[C@@H](CC)COC(=O)CC(C(=O)OC[C@H](CC)CCC=C)S(=O)(=O)O. The topological polar surface area (TPSA) is 107 Å². The van der Waals surface area contributed by atoms with Crippen LogP contribution < -0.4 is 0 Å². The van der Waals surface area contributed by atoms with Gasteiger partial charge in [0.05, 0.1) is 19.6 Å². The standard InChI is InChI=1S/C20H34O7S/c1-5-9-11-16(7-3)14-26-19(21)13-18(28(23,24)25)20(22)27-15-17(8-4)12-10-6-2/h5-6,16-18H,1-2,7-15H2,3-4H3,(H,23,24,25)/t16-,17-,18?/m1/s1. The van der Waals surface area contributed by atoms with Crippen LogP contribution in [0.4, 0.5) is 0 Å². The molecule has 0 aromatic carbocycles. The Morgan fingerprint density at radius 2 is 1.43 bits per heavy atom. The number of rotatable bonds is 16. The summed E-state index contributed by atoms with van der Waals surface area (Å²) in [7, 11) is -4.79. The van der Waals surface area contributed by atoms with Crippen molar-refractivity contribution in [3.8, 4) is 0 Å². The molecule has 0 saturated heterocycles. The monoisotopic (exact) mass is 418 g/mol. The average molecular weight is 419 g/mol. The molecule has 0 rings (SSSR count). The minimum atomic E-state index is -4.79. The highest BCUT2D eigenvalue weighted by molar-refractivity contribution is 7.87. The van der Waals surface area contributed by atoms with E-state index in [-0.39, 0.29) is 25.0 Å². The number of esters is 2. The predicted octanol–water partition coefficient (Wildman–Crippen LogP) is 3.70. The van der Waals surface area contributed by atoms with Crippen LogP contribution in [0.5, 0.6) is 0 Å². The van der Waals surface area contributed by atoms with Gasteiger partial charge in [0.25, 0.3) is 10.1 Å². The Balaban J connectivity index is 4.76. The van der Waals surface area contributed by atoms with Crippen LogP contribution in [0.2, 0.25) is 0 Å². The van der Waals surface area contributed by atoms with Crippen LogP contribution in [0.15, 0.2) is 25.3 Å². The summed E-state index contributed by atoms with van der Waals surface area (Å²) in [5, 5.41) is -1.98. The molecule has 0 aromatic heterocycles. The maximum absolute atomic E-state index is 12.2. The summed E-state index contributed by atoms with van der Waals surface area (Å²) in [6, 6.07) is 0. The van der Waals surface area contributed by atoms with E-state index < -0.39 is 33.7 Å². The van der Waals surface area contributed by atoms with E-state index in [0.29, 0.717) is 0 Å². The maximum Gasteiger partial charge on any atom is 0.327 e. The summed E-state index contributed by atoms with van der Waals surface area (Å²) in [6.07, 6.45) is 7.33. The van der Waals surface area contributed by atoms with Gasteiger partial charge in [-0.15, -0.1) is 13.2 Å². The Bertz CT molecular complexity index is 598. The van der Waals surface area contributed by atoms with Gasteiger partial charge in [-0.25, -0.2) is 0 Å². The zero-order valence-corrected chi connectivity index (χ0v) is 17.8. The molecule has 3 atom stereocenters. The van der Waals surface area contributed by atoms with Gasteiger partial charge < -0.3 is 9.47 Å². The second kappa shape index (κ2) is 14.3. The number of hydrogen-bond donors (Lipinski definition) is 1. The number of ether oxygens (including phenoxy) is 2. The van der Waals surface area contributed by atoms with Crippen molar-refractivity contribution in [1.29, 1.82) is 0 Å².